The van der Waals surface area contributed by atoms with E-state index >= 15 is 0 Å². The van der Waals surface area contributed by atoms with E-state index in [4.69, 9.17) is 5.11 Å². The molecule has 1 heteroatoms. The van der Waals surface area contributed by atoms with Crippen molar-refractivity contribution < 1.29 is 5.11 Å². The van der Waals surface area contributed by atoms with Crippen LogP contribution in [0, 0.1) is 0 Å². The third-order valence-corrected chi connectivity index (χ3v) is 1.66. The molecular formula is C11H20O. The minimum atomic E-state index is 0.166. The van der Waals surface area contributed by atoms with Crippen molar-refractivity contribution in [3.8, 4) is 0 Å². The van der Waals surface area contributed by atoms with Gasteiger partial charge in [-0.15, -0.1) is 0 Å². The van der Waals surface area contributed by atoms with Gasteiger partial charge in [0.05, 0.1) is 6.61 Å². The number of allylic oxidation sites excluding steroid dienone is 3. The second-order valence-corrected chi connectivity index (χ2v) is 2.84. The Kier molecular flexibility index (Phi) is 9.95. The van der Waals surface area contributed by atoms with Crippen molar-refractivity contribution in [1.29, 1.82) is 0 Å². The van der Waals surface area contributed by atoms with Crippen LogP contribution in [0.3, 0.4) is 0 Å². The summed E-state index contributed by atoms with van der Waals surface area (Å²) in [5.74, 6) is 0. The molecule has 0 heterocycles. The largest absolute Gasteiger partial charge is 0.392 e. The van der Waals surface area contributed by atoms with Crippen LogP contribution in [0.2, 0.25) is 0 Å². The van der Waals surface area contributed by atoms with Crippen molar-refractivity contribution in [3.63, 3.8) is 0 Å². The SMILES string of the molecule is CCCCC=CCCC=CCO. The minimum Gasteiger partial charge on any atom is -0.392 e. The Bertz CT molecular complexity index is 125. The predicted molar refractivity (Wildman–Crippen MR) is 54.1 cm³/mol. The van der Waals surface area contributed by atoms with Gasteiger partial charge in [-0.3, -0.25) is 0 Å². The molecule has 0 spiro atoms. The van der Waals surface area contributed by atoms with Crippen LogP contribution >= 0.6 is 0 Å². The van der Waals surface area contributed by atoms with Gasteiger partial charge in [0.25, 0.3) is 0 Å². The summed E-state index contributed by atoms with van der Waals surface area (Å²) in [5.41, 5.74) is 0. The smallest absolute Gasteiger partial charge is 0.0612 e. The van der Waals surface area contributed by atoms with Gasteiger partial charge in [0.15, 0.2) is 0 Å². The van der Waals surface area contributed by atoms with E-state index in [9.17, 15) is 0 Å². The van der Waals surface area contributed by atoms with Crippen molar-refractivity contribution >= 4 is 0 Å². The highest BCUT2D eigenvalue weighted by molar-refractivity contribution is 4.87. The maximum Gasteiger partial charge on any atom is 0.0612 e. The number of aliphatic hydroxyl groups is 1. The minimum absolute atomic E-state index is 0.166. The zero-order valence-corrected chi connectivity index (χ0v) is 8.00. The number of aliphatic hydroxyl groups excluding tert-OH is 1. The van der Waals surface area contributed by atoms with Crippen LogP contribution in [0.5, 0.6) is 0 Å². The molecule has 0 saturated carbocycles. The molecule has 0 bridgehead atoms. The Morgan fingerprint density at radius 1 is 0.917 bits per heavy atom. The van der Waals surface area contributed by atoms with Crippen LogP contribution in [0.4, 0.5) is 0 Å². The fourth-order valence-corrected chi connectivity index (χ4v) is 0.943. The fourth-order valence-electron chi connectivity index (χ4n) is 0.943. The molecule has 1 nitrogen and oxygen atoms in total. The lowest BCUT2D eigenvalue weighted by Crippen LogP contribution is -1.71. The number of rotatable bonds is 7. The molecule has 0 saturated heterocycles. The Balaban J connectivity index is 3.07. The number of hydrogen-bond donors (Lipinski definition) is 1. The molecule has 0 fully saturated rings. The summed E-state index contributed by atoms with van der Waals surface area (Å²) >= 11 is 0. The van der Waals surface area contributed by atoms with Crippen molar-refractivity contribution in [2.45, 2.75) is 39.0 Å². The van der Waals surface area contributed by atoms with Crippen LogP contribution in [0.1, 0.15) is 39.0 Å². The third kappa shape index (κ3) is 9.44. The molecule has 0 unspecified atom stereocenters. The van der Waals surface area contributed by atoms with E-state index in [1.54, 1.807) is 6.08 Å². The highest BCUT2D eigenvalue weighted by Crippen LogP contribution is 1.98. The summed E-state index contributed by atoms with van der Waals surface area (Å²) in [6, 6.07) is 0. The monoisotopic (exact) mass is 168 g/mol. The highest BCUT2D eigenvalue weighted by Gasteiger charge is 1.78. The highest BCUT2D eigenvalue weighted by atomic mass is 16.2. The number of unbranched alkanes of at least 4 members (excludes halogenated alkanes) is 3. The lowest BCUT2D eigenvalue weighted by molar-refractivity contribution is 0.342. The van der Waals surface area contributed by atoms with E-state index in [0.717, 1.165) is 12.8 Å². The Hall–Kier alpha value is -0.560. The van der Waals surface area contributed by atoms with Gasteiger partial charge in [-0.05, 0) is 19.3 Å². The summed E-state index contributed by atoms with van der Waals surface area (Å²) in [6.45, 7) is 2.37. The summed E-state index contributed by atoms with van der Waals surface area (Å²) in [6.07, 6.45) is 14.2. The lowest BCUT2D eigenvalue weighted by Gasteiger charge is -1.88. The maximum absolute atomic E-state index is 8.43. The van der Waals surface area contributed by atoms with Gasteiger partial charge in [0.1, 0.15) is 0 Å². The molecule has 0 atom stereocenters. The molecule has 0 radical (unpaired) electrons. The average Bonchev–Trinajstić information content (AvgIpc) is 2.10. The van der Waals surface area contributed by atoms with E-state index < -0.39 is 0 Å². The van der Waals surface area contributed by atoms with E-state index in [1.165, 1.54) is 19.3 Å². The summed E-state index contributed by atoms with van der Waals surface area (Å²) in [7, 11) is 0. The molecule has 0 aliphatic heterocycles. The van der Waals surface area contributed by atoms with Crippen molar-refractivity contribution in [3.05, 3.63) is 24.3 Å². The standard InChI is InChI=1S/C11H20O/c1-2-3-4-5-6-7-8-9-10-11-12/h5-6,9-10,12H,2-4,7-8,11H2,1H3. The Morgan fingerprint density at radius 2 is 1.50 bits per heavy atom. The van der Waals surface area contributed by atoms with Gasteiger partial charge in [-0.1, -0.05) is 44.1 Å². The van der Waals surface area contributed by atoms with Crippen LogP contribution in [-0.4, -0.2) is 11.7 Å². The quantitative estimate of drug-likeness (QED) is 0.457. The first-order chi connectivity index (χ1) is 5.91. The molecule has 70 valence electrons. The lowest BCUT2D eigenvalue weighted by atomic mass is 10.2. The molecule has 0 amide bonds. The van der Waals surface area contributed by atoms with Gasteiger partial charge in [-0.25, -0.2) is 0 Å². The fraction of sp³-hybridized carbons (Fsp3) is 0.636. The first kappa shape index (κ1) is 11.4. The van der Waals surface area contributed by atoms with Crippen molar-refractivity contribution in [2.24, 2.45) is 0 Å². The average molecular weight is 168 g/mol. The normalized spacial score (nSPS) is 11.8. The molecule has 12 heavy (non-hydrogen) atoms. The Morgan fingerprint density at radius 3 is 2.08 bits per heavy atom. The molecule has 0 aromatic heterocycles. The second-order valence-electron chi connectivity index (χ2n) is 2.84. The molecule has 0 aliphatic carbocycles. The van der Waals surface area contributed by atoms with Crippen LogP contribution in [0.25, 0.3) is 0 Å². The zero-order valence-electron chi connectivity index (χ0n) is 8.00. The zero-order chi connectivity index (χ0) is 9.07. The van der Waals surface area contributed by atoms with Crippen LogP contribution in [0.15, 0.2) is 24.3 Å². The molecule has 0 aromatic rings. The van der Waals surface area contributed by atoms with E-state index in [1.807, 2.05) is 6.08 Å². The van der Waals surface area contributed by atoms with E-state index in [-0.39, 0.29) is 6.61 Å². The predicted octanol–water partition coefficient (Wildman–Crippen LogP) is 3.06. The van der Waals surface area contributed by atoms with Crippen LogP contribution < -0.4 is 0 Å². The Labute approximate surface area is 75.8 Å². The second kappa shape index (κ2) is 10.4. The molecular weight excluding hydrogens is 148 g/mol. The number of hydrogen-bond acceptors (Lipinski definition) is 1. The van der Waals surface area contributed by atoms with E-state index in [0.29, 0.717) is 0 Å². The van der Waals surface area contributed by atoms with Gasteiger partial charge in [0.2, 0.25) is 0 Å². The van der Waals surface area contributed by atoms with Crippen molar-refractivity contribution in [1.82, 2.24) is 0 Å². The van der Waals surface area contributed by atoms with Crippen molar-refractivity contribution in [2.75, 3.05) is 6.61 Å². The molecule has 0 aromatic carbocycles. The van der Waals surface area contributed by atoms with Gasteiger partial charge < -0.3 is 5.11 Å². The van der Waals surface area contributed by atoms with Gasteiger partial charge in [0, 0.05) is 0 Å². The third-order valence-electron chi connectivity index (χ3n) is 1.66. The maximum atomic E-state index is 8.43. The summed E-state index contributed by atoms with van der Waals surface area (Å²) in [4.78, 5) is 0. The summed E-state index contributed by atoms with van der Waals surface area (Å²) in [5, 5.41) is 8.43. The topological polar surface area (TPSA) is 20.2 Å². The van der Waals surface area contributed by atoms with Gasteiger partial charge >= 0.3 is 0 Å². The first-order valence-corrected chi connectivity index (χ1v) is 4.82. The summed E-state index contributed by atoms with van der Waals surface area (Å²) < 4.78 is 0. The van der Waals surface area contributed by atoms with E-state index in [2.05, 4.69) is 19.1 Å². The first-order valence-electron chi connectivity index (χ1n) is 4.82. The van der Waals surface area contributed by atoms with Gasteiger partial charge in [-0.2, -0.15) is 0 Å². The molecule has 0 rings (SSSR count). The van der Waals surface area contributed by atoms with Crippen LogP contribution in [-0.2, 0) is 0 Å². The molecule has 0 aliphatic rings. The molecule has 1 N–H and O–H groups in total.